The number of primary sulfonamides is 1. The molecule has 3 rings (SSSR count). The zero-order valence-electron chi connectivity index (χ0n) is 14.0. The summed E-state index contributed by atoms with van der Waals surface area (Å²) in [4.78, 5) is 27.6. The van der Waals surface area contributed by atoms with E-state index < -0.39 is 22.1 Å². The molecule has 1 amide bonds. The van der Waals surface area contributed by atoms with Crippen molar-refractivity contribution in [2.75, 3.05) is 6.54 Å². The number of benzene rings is 1. The Kier molecular flexibility index (Phi) is 5.12. The van der Waals surface area contributed by atoms with Gasteiger partial charge in [0.05, 0.1) is 10.5 Å². The smallest absolute Gasteiger partial charge is 0.338 e. The number of hydrogen-bond donors (Lipinski definition) is 1. The van der Waals surface area contributed by atoms with Crippen LogP contribution in [0.5, 0.6) is 0 Å². The molecule has 138 valence electrons. The van der Waals surface area contributed by atoms with E-state index >= 15 is 0 Å². The van der Waals surface area contributed by atoms with Gasteiger partial charge in [0.25, 0.3) is 5.91 Å². The van der Waals surface area contributed by atoms with Crippen molar-refractivity contribution in [3.05, 3.63) is 51.7 Å². The van der Waals surface area contributed by atoms with Crippen molar-refractivity contribution in [1.82, 2.24) is 4.90 Å². The first-order valence-corrected chi connectivity index (χ1v) is 10.4. The second kappa shape index (κ2) is 7.18. The van der Waals surface area contributed by atoms with Crippen LogP contribution in [0.2, 0.25) is 0 Å². The Morgan fingerprint density at radius 3 is 2.58 bits per heavy atom. The highest BCUT2D eigenvalue weighted by molar-refractivity contribution is 7.89. The van der Waals surface area contributed by atoms with Crippen LogP contribution in [0.4, 0.5) is 0 Å². The molecule has 1 aliphatic heterocycles. The molecular formula is C17H18N2O5S2. The Hall–Kier alpha value is -2.23. The molecule has 1 atom stereocenters. The quantitative estimate of drug-likeness (QED) is 0.792. The van der Waals surface area contributed by atoms with Gasteiger partial charge in [-0.05, 0) is 54.6 Å². The number of hydrogen-bond acceptors (Lipinski definition) is 6. The van der Waals surface area contributed by atoms with E-state index in [0.717, 1.165) is 12.0 Å². The highest BCUT2D eigenvalue weighted by atomic mass is 32.2. The van der Waals surface area contributed by atoms with Gasteiger partial charge >= 0.3 is 5.97 Å². The highest BCUT2D eigenvalue weighted by Gasteiger charge is 2.27. The summed E-state index contributed by atoms with van der Waals surface area (Å²) in [5.41, 5.74) is 1.28. The number of ether oxygens (including phenoxy) is 1. The largest absolute Gasteiger partial charge is 0.449 e. The Labute approximate surface area is 155 Å². The van der Waals surface area contributed by atoms with Crippen LogP contribution in [-0.4, -0.2) is 37.8 Å². The van der Waals surface area contributed by atoms with Gasteiger partial charge in [0, 0.05) is 18.0 Å². The van der Waals surface area contributed by atoms with Crippen LogP contribution in [0, 0.1) is 0 Å². The van der Waals surface area contributed by atoms with Crippen LogP contribution in [-0.2, 0) is 32.5 Å². The van der Waals surface area contributed by atoms with Crippen molar-refractivity contribution < 1.29 is 22.7 Å². The fourth-order valence-corrected chi connectivity index (χ4v) is 4.16. The van der Waals surface area contributed by atoms with Crippen LogP contribution in [0.1, 0.15) is 27.7 Å². The van der Waals surface area contributed by atoms with Gasteiger partial charge in [0.1, 0.15) is 0 Å². The molecule has 2 heterocycles. The molecule has 1 aromatic carbocycles. The maximum absolute atomic E-state index is 12.5. The second-order valence-electron chi connectivity index (χ2n) is 6.00. The molecule has 0 spiro atoms. The number of nitrogens with two attached hydrogens (primary N) is 1. The van der Waals surface area contributed by atoms with Gasteiger partial charge in [-0.15, -0.1) is 11.3 Å². The zero-order valence-corrected chi connectivity index (χ0v) is 15.7. The van der Waals surface area contributed by atoms with E-state index in [2.05, 4.69) is 0 Å². The summed E-state index contributed by atoms with van der Waals surface area (Å²) < 4.78 is 27.7. The monoisotopic (exact) mass is 394 g/mol. The molecule has 2 N–H and O–H groups in total. The molecule has 0 aliphatic carbocycles. The Morgan fingerprint density at radius 1 is 1.23 bits per heavy atom. The van der Waals surface area contributed by atoms with Gasteiger partial charge in [0.2, 0.25) is 10.0 Å². The first-order valence-electron chi connectivity index (χ1n) is 7.93. The van der Waals surface area contributed by atoms with Crippen molar-refractivity contribution in [2.24, 2.45) is 5.14 Å². The van der Waals surface area contributed by atoms with Crippen LogP contribution in [0.15, 0.2) is 40.6 Å². The fourth-order valence-electron chi connectivity index (χ4n) is 2.75. The third-order valence-corrected chi connectivity index (χ3v) is 6.12. The second-order valence-corrected chi connectivity index (χ2v) is 8.56. The van der Waals surface area contributed by atoms with E-state index in [1.54, 1.807) is 16.2 Å². The molecule has 1 unspecified atom stereocenters. The number of fused-ring (bicyclic) bond motifs is 1. The van der Waals surface area contributed by atoms with Gasteiger partial charge < -0.3 is 9.64 Å². The summed E-state index contributed by atoms with van der Waals surface area (Å²) in [6, 6.07) is 7.06. The number of carbonyl (C=O) groups excluding carboxylic acids is 2. The molecule has 0 saturated heterocycles. The van der Waals surface area contributed by atoms with Crippen LogP contribution in [0.25, 0.3) is 0 Å². The van der Waals surface area contributed by atoms with E-state index in [-0.39, 0.29) is 16.4 Å². The lowest BCUT2D eigenvalue weighted by Crippen LogP contribution is -2.42. The van der Waals surface area contributed by atoms with Crippen LogP contribution in [0.3, 0.4) is 0 Å². The molecule has 1 aliphatic rings. The first kappa shape index (κ1) is 18.6. The fraction of sp³-hybridized carbons (Fsp3) is 0.294. The van der Waals surface area contributed by atoms with Crippen molar-refractivity contribution >= 4 is 33.2 Å². The minimum atomic E-state index is -3.83. The lowest BCUT2D eigenvalue weighted by molar-refractivity contribution is -0.140. The summed E-state index contributed by atoms with van der Waals surface area (Å²) in [5, 5.41) is 7.03. The van der Waals surface area contributed by atoms with Crippen molar-refractivity contribution in [3.63, 3.8) is 0 Å². The maximum Gasteiger partial charge on any atom is 0.338 e. The van der Waals surface area contributed by atoms with E-state index in [1.807, 2.05) is 11.4 Å². The maximum atomic E-state index is 12.5. The molecule has 7 nitrogen and oxygen atoms in total. The molecule has 0 saturated carbocycles. The topological polar surface area (TPSA) is 107 Å². The van der Waals surface area contributed by atoms with Gasteiger partial charge in [-0.3, -0.25) is 4.79 Å². The highest BCUT2D eigenvalue weighted by Crippen LogP contribution is 2.24. The zero-order chi connectivity index (χ0) is 18.9. The van der Waals surface area contributed by atoms with Crippen LogP contribution < -0.4 is 5.14 Å². The van der Waals surface area contributed by atoms with Crippen LogP contribution >= 0.6 is 11.3 Å². The summed E-state index contributed by atoms with van der Waals surface area (Å²) >= 11 is 1.68. The standard InChI is InChI=1S/C17H18N2O5S2/c1-11(16(20)19-8-6-15-13(10-19)7-9-25-15)24-17(21)12-2-4-14(5-3-12)26(18,22)23/h2-5,7,9,11H,6,8,10H2,1H3,(H2,18,22,23). The molecule has 26 heavy (non-hydrogen) atoms. The predicted molar refractivity (Wildman–Crippen MR) is 96.1 cm³/mol. The minimum Gasteiger partial charge on any atom is -0.449 e. The van der Waals surface area contributed by atoms with Crippen molar-refractivity contribution in [3.8, 4) is 0 Å². The van der Waals surface area contributed by atoms with E-state index in [1.165, 1.54) is 36.1 Å². The molecular weight excluding hydrogens is 376 g/mol. The molecule has 2 aromatic rings. The number of nitrogens with zero attached hydrogens (tertiary/aromatic N) is 1. The number of esters is 1. The summed E-state index contributed by atoms with van der Waals surface area (Å²) in [6.45, 7) is 2.64. The van der Waals surface area contributed by atoms with E-state index in [4.69, 9.17) is 9.88 Å². The molecule has 0 bridgehead atoms. The molecule has 0 fully saturated rings. The number of sulfonamides is 1. The predicted octanol–water partition coefficient (Wildman–Crippen LogP) is 1.53. The van der Waals surface area contributed by atoms with Gasteiger partial charge in [-0.1, -0.05) is 0 Å². The van der Waals surface area contributed by atoms with Crippen molar-refractivity contribution in [2.45, 2.75) is 30.9 Å². The molecule has 1 aromatic heterocycles. The van der Waals surface area contributed by atoms with Gasteiger partial charge in [-0.25, -0.2) is 18.4 Å². The minimum absolute atomic E-state index is 0.0990. The summed E-state index contributed by atoms with van der Waals surface area (Å²) in [5.74, 6) is -0.948. The Balaban J connectivity index is 1.63. The van der Waals surface area contributed by atoms with Gasteiger partial charge in [0.15, 0.2) is 6.10 Å². The third-order valence-electron chi connectivity index (χ3n) is 4.17. The van der Waals surface area contributed by atoms with E-state index in [0.29, 0.717) is 13.1 Å². The number of rotatable bonds is 4. The average molecular weight is 394 g/mol. The van der Waals surface area contributed by atoms with Crippen molar-refractivity contribution in [1.29, 1.82) is 0 Å². The number of amides is 1. The number of carbonyl (C=O) groups is 2. The number of thiophene rings is 1. The Bertz CT molecular complexity index is 934. The Morgan fingerprint density at radius 2 is 1.92 bits per heavy atom. The molecule has 0 radical (unpaired) electrons. The normalized spacial score (nSPS) is 15.2. The SMILES string of the molecule is CC(OC(=O)c1ccc(S(N)(=O)=O)cc1)C(=O)N1CCc2sccc2C1. The lowest BCUT2D eigenvalue weighted by Gasteiger charge is -2.29. The summed E-state index contributed by atoms with van der Waals surface area (Å²) in [6.07, 6.45) is -0.130. The van der Waals surface area contributed by atoms with Gasteiger partial charge in [-0.2, -0.15) is 0 Å². The summed E-state index contributed by atoms with van der Waals surface area (Å²) in [7, 11) is -3.83. The average Bonchev–Trinajstić information content (AvgIpc) is 3.08. The lowest BCUT2D eigenvalue weighted by atomic mass is 10.1. The third kappa shape index (κ3) is 3.95. The van der Waals surface area contributed by atoms with E-state index in [9.17, 15) is 18.0 Å². The first-order chi connectivity index (χ1) is 12.3. The molecule has 9 heteroatoms.